The smallest absolute Gasteiger partial charge is 0.124 e. The van der Waals surface area contributed by atoms with Crippen LogP contribution in [0.25, 0.3) is 0 Å². The number of aliphatic hydroxyl groups is 1. The first-order valence-electron chi connectivity index (χ1n) is 7.62. The maximum absolute atomic E-state index is 9.29. The molecular weight excluding hydrogens is 378 g/mol. The summed E-state index contributed by atoms with van der Waals surface area (Å²) < 4.78 is 6.95. The Hall–Kier alpha value is -1.07. The van der Waals surface area contributed by atoms with Crippen LogP contribution in [0, 0.1) is 0 Å². The molecule has 0 saturated heterocycles. The number of nitrogens with one attached hydrogen (secondary N) is 1. The third-order valence-corrected chi connectivity index (χ3v) is 4.33. The predicted octanol–water partition coefficient (Wildman–Crippen LogP) is 4.54. The molecule has 124 valence electrons. The molecule has 0 saturated carbocycles. The lowest BCUT2D eigenvalue weighted by atomic mass is 10.1. The highest BCUT2D eigenvalue weighted by Crippen LogP contribution is 2.24. The molecule has 0 bridgehead atoms. The van der Waals surface area contributed by atoms with Gasteiger partial charge >= 0.3 is 0 Å². The van der Waals surface area contributed by atoms with Crippen molar-refractivity contribution in [2.24, 2.45) is 0 Å². The van der Waals surface area contributed by atoms with Gasteiger partial charge in [-0.05, 0) is 42.3 Å². The Labute approximate surface area is 150 Å². The molecule has 0 aliphatic rings. The van der Waals surface area contributed by atoms with E-state index in [1.807, 2.05) is 49.4 Å². The zero-order valence-electron chi connectivity index (χ0n) is 13.1. The largest absolute Gasteiger partial charge is 0.489 e. The monoisotopic (exact) mass is 397 g/mol. The van der Waals surface area contributed by atoms with E-state index in [9.17, 15) is 5.11 Å². The fourth-order valence-corrected chi connectivity index (χ4v) is 2.83. The van der Waals surface area contributed by atoms with Crippen LogP contribution in [0.5, 0.6) is 5.75 Å². The molecule has 0 radical (unpaired) electrons. The lowest BCUT2D eigenvalue weighted by molar-refractivity contribution is 0.237. The average Bonchev–Trinajstić information content (AvgIpc) is 2.55. The van der Waals surface area contributed by atoms with E-state index in [2.05, 4.69) is 21.2 Å². The summed E-state index contributed by atoms with van der Waals surface area (Å²) in [7, 11) is 0. The second kappa shape index (κ2) is 9.28. The van der Waals surface area contributed by atoms with Gasteiger partial charge in [-0.3, -0.25) is 0 Å². The van der Waals surface area contributed by atoms with Gasteiger partial charge in [-0.15, -0.1) is 0 Å². The summed E-state index contributed by atoms with van der Waals surface area (Å²) >= 11 is 9.49. The molecule has 0 aliphatic heterocycles. The normalized spacial score (nSPS) is 12.2. The zero-order chi connectivity index (χ0) is 16.7. The second-order valence-corrected chi connectivity index (χ2v) is 6.69. The van der Waals surface area contributed by atoms with Crippen LogP contribution in [-0.2, 0) is 13.2 Å². The van der Waals surface area contributed by atoms with Crippen molar-refractivity contribution in [1.29, 1.82) is 0 Å². The average molecular weight is 399 g/mol. The van der Waals surface area contributed by atoms with Gasteiger partial charge in [-0.2, -0.15) is 0 Å². The van der Waals surface area contributed by atoms with Crippen LogP contribution < -0.4 is 10.1 Å². The Morgan fingerprint density at radius 3 is 2.78 bits per heavy atom. The van der Waals surface area contributed by atoms with E-state index in [0.29, 0.717) is 18.2 Å². The van der Waals surface area contributed by atoms with Crippen molar-refractivity contribution < 1.29 is 9.84 Å². The summed E-state index contributed by atoms with van der Waals surface area (Å²) in [5.74, 6) is 0.827. The van der Waals surface area contributed by atoms with Crippen molar-refractivity contribution in [3.05, 3.63) is 63.1 Å². The number of hydrogen-bond donors (Lipinski definition) is 2. The lowest BCUT2D eigenvalue weighted by Gasteiger charge is -2.17. The van der Waals surface area contributed by atoms with E-state index < -0.39 is 0 Å². The zero-order valence-corrected chi connectivity index (χ0v) is 15.4. The Morgan fingerprint density at radius 1 is 1.26 bits per heavy atom. The van der Waals surface area contributed by atoms with Gasteiger partial charge in [0.05, 0.1) is 6.61 Å². The van der Waals surface area contributed by atoms with Gasteiger partial charge in [-0.1, -0.05) is 46.6 Å². The second-order valence-electron chi connectivity index (χ2n) is 5.34. The van der Waals surface area contributed by atoms with Gasteiger partial charge in [0, 0.05) is 27.6 Å². The number of hydrogen-bond acceptors (Lipinski definition) is 3. The highest BCUT2D eigenvalue weighted by molar-refractivity contribution is 9.10. The standard InChI is InChI=1S/C18H21BrClNO2/c1-2-17(11-22)21-10-14-9-15(19)6-7-18(14)23-12-13-4-3-5-16(20)8-13/h3-9,17,21-22H,2,10-12H2,1H3/t17-/m1/s1. The lowest BCUT2D eigenvalue weighted by Crippen LogP contribution is -2.31. The van der Waals surface area contributed by atoms with Crippen molar-refractivity contribution >= 4 is 27.5 Å². The Bertz CT molecular complexity index is 632. The molecule has 0 spiro atoms. The molecule has 23 heavy (non-hydrogen) atoms. The summed E-state index contributed by atoms with van der Waals surface area (Å²) in [6.45, 7) is 3.28. The van der Waals surface area contributed by atoms with Crippen molar-refractivity contribution in [2.45, 2.75) is 32.5 Å². The fourth-order valence-electron chi connectivity index (χ4n) is 2.21. The van der Waals surface area contributed by atoms with Gasteiger partial charge in [-0.25, -0.2) is 0 Å². The van der Waals surface area contributed by atoms with Crippen molar-refractivity contribution in [3.8, 4) is 5.75 Å². The number of benzene rings is 2. The molecule has 5 heteroatoms. The van der Waals surface area contributed by atoms with Gasteiger partial charge in [0.25, 0.3) is 0 Å². The van der Waals surface area contributed by atoms with Crippen molar-refractivity contribution in [1.82, 2.24) is 5.32 Å². The van der Waals surface area contributed by atoms with Crippen molar-refractivity contribution in [3.63, 3.8) is 0 Å². The van der Waals surface area contributed by atoms with Gasteiger partial charge in [0.2, 0.25) is 0 Å². The van der Waals surface area contributed by atoms with Crippen LogP contribution in [0.2, 0.25) is 5.02 Å². The Morgan fingerprint density at radius 2 is 2.09 bits per heavy atom. The Balaban J connectivity index is 2.05. The summed E-state index contributed by atoms with van der Waals surface area (Å²) in [6.07, 6.45) is 0.878. The first-order valence-corrected chi connectivity index (χ1v) is 8.79. The van der Waals surface area contributed by atoms with Crippen molar-refractivity contribution in [2.75, 3.05) is 6.61 Å². The summed E-state index contributed by atoms with van der Waals surface area (Å²) in [5, 5.41) is 13.3. The topological polar surface area (TPSA) is 41.5 Å². The predicted molar refractivity (Wildman–Crippen MR) is 97.9 cm³/mol. The quantitative estimate of drug-likeness (QED) is 0.686. The minimum absolute atomic E-state index is 0.0924. The highest BCUT2D eigenvalue weighted by atomic mass is 79.9. The molecule has 0 aliphatic carbocycles. The van der Waals surface area contributed by atoms with E-state index in [4.69, 9.17) is 16.3 Å². The van der Waals surface area contributed by atoms with Crippen LogP contribution in [0.3, 0.4) is 0 Å². The summed E-state index contributed by atoms with van der Waals surface area (Å²) in [5.41, 5.74) is 2.08. The molecule has 0 amide bonds. The van der Waals surface area contributed by atoms with E-state index in [1.165, 1.54) is 0 Å². The molecule has 0 heterocycles. The number of aliphatic hydroxyl groups excluding tert-OH is 1. The number of rotatable bonds is 8. The highest BCUT2D eigenvalue weighted by Gasteiger charge is 2.09. The summed E-state index contributed by atoms with van der Waals surface area (Å²) in [4.78, 5) is 0. The number of halogens is 2. The molecule has 2 N–H and O–H groups in total. The first kappa shape index (κ1) is 18.3. The molecular formula is C18H21BrClNO2. The van der Waals surface area contributed by atoms with Crippen LogP contribution in [-0.4, -0.2) is 17.8 Å². The van der Waals surface area contributed by atoms with Crippen LogP contribution in [0.1, 0.15) is 24.5 Å². The molecule has 2 rings (SSSR count). The molecule has 2 aromatic rings. The van der Waals surface area contributed by atoms with Crippen LogP contribution in [0.15, 0.2) is 46.9 Å². The van der Waals surface area contributed by atoms with E-state index in [0.717, 1.165) is 27.8 Å². The van der Waals surface area contributed by atoms with Crippen LogP contribution >= 0.6 is 27.5 Å². The van der Waals surface area contributed by atoms with Crippen LogP contribution in [0.4, 0.5) is 0 Å². The molecule has 2 aromatic carbocycles. The van der Waals surface area contributed by atoms with E-state index in [-0.39, 0.29) is 12.6 Å². The van der Waals surface area contributed by atoms with E-state index in [1.54, 1.807) is 0 Å². The minimum atomic E-state index is 0.0924. The number of ether oxygens (including phenoxy) is 1. The van der Waals surface area contributed by atoms with Gasteiger partial charge in [0.15, 0.2) is 0 Å². The van der Waals surface area contributed by atoms with Gasteiger partial charge in [0.1, 0.15) is 12.4 Å². The third kappa shape index (κ3) is 5.81. The van der Waals surface area contributed by atoms with Gasteiger partial charge < -0.3 is 15.2 Å². The summed E-state index contributed by atoms with van der Waals surface area (Å²) in [6, 6.07) is 13.7. The molecule has 0 unspecified atom stereocenters. The molecule has 0 fully saturated rings. The SMILES string of the molecule is CC[C@H](CO)NCc1cc(Br)ccc1OCc1cccc(Cl)c1. The Kier molecular flexibility index (Phi) is 7.37. The maximum Gasteiger partial charge on any atom is 0.124 e. The minimum Gasteiger partial charge on any atom is -0.489 e. The molecule has 3 nitrogen and oxygen atoms in total. The first-order chi connectivity index (χ1) is 11.1. The fraction of sp³-hybridized carbons (Fsp3) is 0.333. The molecule has 0 aromatic heterocycles. The maximum atomic E-state index is 9.29. The van der Waals surface area contributed by atoms with E-state index >= 15 is 0 Å². The molecule has 1 atom stereocenters. The third-order valence-electron chi connectivity index (χ3n) is 3.60.